The lowest BCUT2D eigenvalue weighted by atomic mass is 10.0. The number of hydrogen-bond donors (Lipinski definition) is 1. The van der Waals surface area contributed by atoms with E-state index in [1.165, 1.54) is 141 Å². The van der Waals surface area contributed by atoms with Gasteiger partial charge in [-0.25, -0.2) is 4.57 Å². The first kappa shape index (κ1) is 55.5. The fraction of sp³-hybridized carbons (Fsp3) is 0.872. The second-order valence-corrected chi connectivity index (χ2v) is 18.6. The third-order valence-corrected chi connectivity index (χ3v) is 11.2. The number of allylic oxidation sites excluding steroid dienone is 4. The van der Waals surface area contributed by atoms with Crippen molar-refractivity contribution in [3.8, 4) is 0 Å². The van der Waals surface area contributed by atoms with Crippen molar-refractivity contribution >= 4 is 19.8 Å². The molecule has 10 heteroatoms. The molecule has 1 N–H and O–H groups in total. The van der Waals surface area contributed by atoms with Gasteiger partial charge in [0.2, 0.25) is 0 Å². The van der Waals surface area contributed by atoms with Gasteiger partial charge in [-0.1, -0.05) is 179 Å². The largest absolute Gasteiger partial charge is 0.472 e. The third kappa shape index (κ3) is 43.9. The molecular weight excluding hydrogens is 737 g/mol. The molecular formula is C47H91NO8P+. The molecule has 0 heterocycles. The van der Waals surface area contributed by atoms with Gasteiger partial charge in [-0.3, -0.25) is 18.6 Å². The number of esters is 2. The lowest BCUT2D eigenvalue weighted by Crippen LogP contribution is -2.37. The standard InChI is InChI=1S/C47H90NO8P/c1-6-8-10-12-14-16-17-18-19-20-21-22-23-24-25-26-27-28-29-30-31-32-34-36-38-40-47(50)56-45(44-55-57(51,52)54-42-41-48(3,4)5)43-53-46(49)39-37-35-33-15-13-11-9-7-2/h17-18,20-21,45H,6-16,19,22-44H2,1-5H3/p+1/b18-17-,21-20-. The number of carbonyl (C=O) groups excluding carboxylic acids is 2. The highest BCUT2D eigenvalue weighted by molar-refractivity contribution is 7.47. The van der Waals surface area contributed by atoms with E-state index in [1.54, 1.807) is 0 Å². The van der Waals surface area contributed by atoms with Crippen molar-refractivity contribution in [2.24, 2.45) is 0 Å². The van der Waals surface area contributed by atoms with Crippen LogP contribution in [0.2, 0.25) is 0 Å². The quantitative estimate of drug-likeness (QED) is 0.0213. The van der Waals surface area contributed by atoms with Crippen LogP contribution in [0.1, 0.15) is 213 Å². The van der Waals surface area contributed by atoms with E-state index in [-0.39, 0.29) is 25.6 Å². The Kier molecular flexibility index (Phi) is 38.9. The molecule has 0 aliphatic rings. The van der Waals surface area contributed by atoms with E-state index in [9.17, 15) is 19.0 Å². The molecule has 2 unspecified atom stereocenters. The van der Waals surface area contributed by atoms with E-state index in [1.807, 2.05) is 21.1 Å². The van der Waals surface area contributed by atoms with Crippen molar-refractivity contribution in [2.75, 3.05) is 47.5 Å². The van der Waals surface area contributed by atoms with Crippen LogP contribution in [-0.4, -0.2) is 74.9 Å². The summed E-state index contributed by atoms with van der Waals surface area (Å²) in [4.78, 5) is 35.3. The van der Waals surface area contributed by atoms with Gasteiger partial charge in [-0.15, -0.1) is 0 Å². The van der Waals surface area contributed by atoms with Crippen molar-refractivity contribution in [1.82, 2.24) is 0 Å². The Bertz CT molecular complexity index is 1030. The minimum atomic E-state index is -4.37. The van der Waals surface area contributed by atoms with Crippen LogP contribution >= 0.6 is 7.82 Å². The summed E-state index contributed by atoms with van der Waals surface area (Å²) < 4.78 is 34.2. The summed E-state index contributed by atoms with van der Waals surface area (Å²) in [6.07, 6.45) is 43.9. The Morgan fingerprint density at radius 1 is 0.544 bits per heavy atom. The number of phosphoric acid groups is 1. The number of phosphoric ester groups is 1. The lowest BCUT2D eigenvalue weighted by molar-refractivity contribution is -0.870. The van der Waals surface area contributed by atoms with E-state index in [0.29, 0.717) is 23.9 Å². The first-order valence-electron chi connectivity index (χ1n) is 23.6. The maximum absolute atomic E-state index is 12.7. The molecule has 0 saturated heterocycles. The van der Waals surface area contributed by atoms with Gasteiger partial charge in [-0.2, -0.15) is 0 Å². The van der Waals surface area contributed by atoms with E-state index < -0.39 is 26.5 Å². The van der Waals surface area contributed by atoms with Crippen LogP contribution in [0.15, 0.2) is 24.3 Å². The maximum atomic E-state index is 12.7. The van der Waals surface area contributed by atoms with Gasteiger partial charge in [0.25, 0.3) is 0 Å². The molecule has 0 aromatic heterocycles. The molecule has 0 bridgehead atoms. The molecule has 2 atom stereocenters. The summed E-state index contributed by atoms with van der Waals surface area (Å²) in [7, 11) is 1.48. The molecule has 0 saturated carbocycles. The Labute approximate surface area is 351 Å². The minimum absolute atomic E-state index is 0.0336. The van der Waals surface area contributed by atoms with Gasteiger partial charge in [0, 0.05) is 12.8 Å². The predicted molar refractivity (Wildman–Crippen MR) is 238 cm³/mol. The van der Waals surface area contributed by atoms with Crippen LogP contribution in [0.3, 0.4) is 0 Å². The number of nitrogens with zero attached hydrogens (tertiary/aromatic N) is 1. The topological polar surface area (TPSA) is 108 Å². The normalized spacial score (nSPS) is 13.7. The molecule has 0 aliphatic carbocycles. The van der Waals surface area contributed by atoms with Gasteiger partial charge in [0.15, 0.2) is 6.10 Å². The molecule has 0 aliphatic heterocycles. The Morgan fingerprint density at radius 2 is 0.947 bits per heavy atom. The molecule has 336 valence electrons. The van der Waals surface area contributed by atoms with Crippen LogP contribution in [-0.2, 0) is 32.7 Å². The van der Waals surface area contributed by atoms with Crippen LogP contribution in [0.25, 0.3) is 0 Å². The van der Waals surface area contributed by atoms with Crippen LogP contribution in [0.5, 0.6) is 0 Å². The summed E-state index contributed by atoms with van der Waals surface area (Å²) >= 11 is 0. The third-order valence-electron chi connectivity index (χ3n) is 10.2. The highest BCUT2D eigenvalue weighted by Gasteiger charge is 2.27. The molecule has 0 aromatic rings. The predicted octanol–water partition coefficient (Wildman–Crippen LogP) is 13.5. The van der Waals surface area contributed by atoms with Crippen LogP contribution in [0.4, 0.5) is 0 Å². The first-order valence-corrected chi connectivity index (χ1v) is 25.1. The first-order chi connectivity index (χ1) is 27.5. The second kappa shape index (κ2) is 39.9. The highest BCUT2D eigenvalue weighted by atomic mass is 31.2. The summed E-state index contributed by atoms with van der Waals surface area (Å²) in [6.45, 7) is 4.39. The zero-order valence-electron chi connectivity index (χ0n) is 37.8. The summed E-state index contributed by atoms with van der Waals surface area (Å²) in [6, 6.07) is 0. The molecule has 57 heavy (non-hydrogen) atoms. The zero-order valence-corrected chi connectivity index (χ0v) is 38.7. The minimum Gasteiger partial charge on any atom is -0.462 e. The highest BCUT2D eigenvalue weighted by Crippen LogP contribution is 2.43. The fourth-order valence-electron chi connectivity index (χ4n) is 6.52. The van der Waals surface area contributed by atoms with Crippen molar-refractivity contribution in [3.05, 3.63) is 24.3 Å². The van der Waals surface area contributed by atoms with Crippen molar-refractivity contribution in [2.45, 2.75) is 219 Å². The number of quaternary nitrogens is 1. The van der Waals surface area contributed by atoms with Crippen molar-refractivity contribution in [3.63, 3.8) is 0 Å². The number of unbranched alkanes of at least 4 members (excludes halogenated alkanes) is 25. The van der Waals surface area contributed by atoms with Gasteiger partial charge in [-0.05, 0) is 44.9 Å². The van der Waals surface area contributed by atoms with Crippen molar-refractivity contribution in [1.29, 1.82) is 0 Å². The number of likely N-dealkylation sites (N-methyl/N-ethyl adjacent to an activating group) is 1. The summed E-state index contributed by atoms with van der Waals surface area (Å²) in [5.74, 6) is -0.797. The van der Waals surface area contributed by atoms with Gasteiger partial charge in [0.05, 0.1) is 27.7 Å². The second-order valence-electron chi connectivity index (χ2n) is 17.1. The van der Waals surface area contributed by atoms with E-state index in [2.05, 4.69) is 38.2 Å². The van der Waals surface area contributed by atoms with E-state index in [4.69, 9.17) is 18.5 Å². The lowest BCUT2D eigenvalue weighted by Gasteiger charge is -2.24. The number of hydrogen-bond acceptors (Lipinski definition) is 7. The summed E-state index contributed by atoms with van der Waals surface area (Å²) in [5, 5.41) is 0. The summed E-state index contributed by atoms with van der Waals surface area (Å²) in [5.41, 5.74) is 0. The smallest absolute Gasteiger partial charge is 0.462 e. The molecule has 0 fully saturated rings. The Hall–Kier alpha value is -1.51. The average Bonchev–Trinajstić information content (AvgIpc) is 3.16. The molecule has 0 radical (unpaired) electrons. The molecule has 0 amide bonds. The molecule has 9 nitrogen and oxygen atoms in total. The molecule has 0 aromatic carbocycles. The zero-order chi connectivity index (χ0) is 42.1. The molecule has 0 spiro atoms. The van der Waals surface area contributed by atoms with E-state index >= 15 is 0 Å². The number of carbonyl (C=O) groups is 2. The SMILES string of the molecule is CCCCCCC/C=C\C/C=C\CCCCCCCCCCCCCCCC(=O)OC(COC(=O)CCCCCCCCCC)COP(=O)(O)OCC[N+](C)(C)C. The van der Waals surface area contributed by atoms with Crippen LogP contribution < -0.4 is 0 Å². The van der Waals surface area contributed by atoms with Gasteiger partial charge < -0.3 is 18.9 Å². The monoisotopic (exact) mass is 829 g/mol. The maximum Gasteiger partial charge on any atom is 0.472 e. The number of rotatable bonds is 43. The fourth-order valence-corrected chi connectivity index (χ4v) is 7.26. The molecule has 0 rings (SSSR count). The van der Waals surface area contributed by atoms with Crippen molar-refractivity contribution < 1.29 is 42.1 Å². The Balaban J connectivity index is 4.11. The van der Waals surface area contributed by atoms with Gasteiger partial charge >= 0.3 is 19.8 Å². The van der Waals surface area contributed by atoms with Gasteiger partial charge in [0.1, 0.15) is 19.8 Å². The Morgan fingerprint density at radius 3 is 1.39 bits per heavy atom. The number of ether oxygens (including phenoxy) is 2. The van der Waals surface area contributed by atoms with E-state index in [0.717, 1.165) is 38.5 Å². The van der Waals surface area contributed by atoms with Crippen LogP contribution in [0, 0.1) is 0 Å². The average molecular weight is 829 g/mol.